The van der Waals surface area contributed by atoms with Crippen molar-refractivity contribution in [3.63, 3.8) is 0 Å². The van der Waals surface area contributed by atoms with Crippen molar-refractivity contribution in [1.82, 2.24) is 29.7 Å². The standard InChI is InChI=1S/C40H45FN8O4/c1-24-32-20-43-39(46-36(32)49(29-5-3-4-6-29)38(53)35(24)25(2)50)44-33-13-11-30(19-42-33)48-17-15-40(41,16-18-48)23-47-21-28(22-47)26-7-9-27(10-8-26)31-12-14-34(51)45-37(31)52/h7-11,13,19-20,28-29,31H,3-6,12,14-18,21-23H2,1-2H3,(H,45,51,52)(H,42,43,44,46). The summed E-state index contributed by atoms with van der Waals surface area (Å²) >= 11 is 0. The molecule has 3 aromatic heterocycles. The van der Waals surface area contributed by atoms with Crippen LogP contribution in [0.25, 0.3) is 11.0 Å². The minimum absolute atomic E-state index is 0.00245. The number of hydrogen-bond donors (Lipinski definition) is 2. The summed E-state index contributed by atoms with van der Waals surface area (Å²) in [6.07, 6.45) is 9.03. The Morgan fingerprint density at radius 2 is 1.68 bits per heavy atom. The van der Waals surface area contributed by atoms with Gasteiger partial charge < -0.3 is 10.2 Å². The van der Waals surface area contributed by atoms with Gasteiger partial charge in [0.15, 0.2) is 5.78 Å². The predicted molar refractivity (Wildman–Crippen MR) is 200 cm³/mol. The van der Waals surface area contributed by atoms with Gasteiger partial charge in [-0.2, -0.15) is 4.98 Å². The Morgan fingerprint density at radius 3 is 2.34 bits per heavy atom. The zero-order valence-corrected chi connectivity index (χ0v) is 30.2. The number of piperidine rings is 2. The largest absolute Gasteiger partial charge is 0.370 e. The fourth-order valence-corrected chi connectivity index (χ4v) is 8.72. The third-order valence-electron chi connectivity index (χ3n) is 11.8. The van der Waals surface area contributed by atoms with E-state index in [2.05, 4.69) is 42.5 Å². The number of ketones is 1. The molecule has 0 bridgehead atoms. The lowest BCUT2D eigenvalue weighted by Crippen LogP contribution is -2.54. The fraction of sp³-hybridized carbons (Fsp3) is 0.475. The maximum atomic E-state index is 16.0. The van der Waals surface area contributed by atoms with Crippen LogP contribution in [0.4, 0.5) is 21.8 Å². The van der Waals surface area contributed by atoms with E-state index in [9.17, 15) is 19.2 Å². The first-order valence-electron chi connectivity index (χ1n) is 18.8. The highest BCUT2D eigenvalue weighted by molar-refractivity contribution is 6.01. The van der Waals surface area contributed by atoms with Crippen LogP contribution in [0.3, 0.4) is 0 Å². The maximum Gasteiger partial charge on any atom is 0.263 e. The lowest BCUT2D eigenvalue weighted by atomic mass is 9.85. The lowest BCUT2D eigenvalue weighted by Gasteiger charge is -2.45. The van der Waals surface area contributed by atoms with Gasteiger partial charge in [-0.25, -0.2) is 14.4 Å². The number of imide groups is 1. The normalized spacial score (nSPS) is 21.1. The Hall–Kier alpha value is -5.04. The number of hydrogen-bond acceptors (Lipinski definition) is 10. The predicted octanol–water partition coefficient (Wildman–Crippen LogP) is 5.48. The lowest BCUT2D eigenvalue weighted by molar-refractivity contribution is -0.134. The van der Waals surface area contributed by atoms with Crippen molar-refractivity contribution in [2.75, 3.05) is 42.9 Å². The molecular weight excluding hydrogens is 675 g/mol. The van der Waals surface area contributed by atoms with E-state index in [-0.39, 0.29) is 40.7 Å². The number of alkyl halides is 1. The summed E-state index contributed by atoms with van der Waals surface area (Å²) in [6.45, 7) is 6.44. The molecule has 4 aliphatic rings. The second-order valence-electron chi connectivity index (χ2n) is 15.3. The van der Waals surface area contributed by atoms with Crippen LogP contribution in [0.2, 0.25) is 0 Å². The van der Waals surface area contributed by atoms with E-state index in [1.165, 1.54) is 12.5 Å². The molecule has 12 nitrogen and oxygen atoms in total. The van der Waals surface area contributed by atoms with Gasteiger partial charge >= 0.3 is 0 Å². The van der Waals surface area contributed by atoms with Gasteiger partial charge in [0.2, 0.25) is 17.8 Å². The molecule has 1 saturated carbocycles. The molecule has 3 saturated heterocycles. The van der Waals surface area contributed by atoms with Crippen molar-refractivity contribution in [2.24, 2.45) is 0 Å². The number of nitrogens with one attached hydrogen (secondary N) is 2. The first-order chi connectivity index (χ1) is 25.5. The number of nitrogens with zero attached hydrogens (tertiary/aromatic N) is 6. The number of rotatable bonds is 9. The molecule has 0 spiro atoms. The number of aromatic nitrogens is 4. The van der Waals surface area contributed by atoms with Crippen LogP contribution in [0.5, 0.6) is 0 Å². The van der Waals surface area contributed by atoms with E-state index in [0.29, 0.717) is 79.6 Å². The summed E-state index contributed by atoms with van der Waals surface area (Å²) in [7, 11) is 0. The summed E-state index contributed by atoms with van der Waals surface area (Å²) in [4.78, 5) is 67.9. The Labute approximate surface area is 307 Å². The van der Waals surface area contributed by atoms with Crippen molar-refractivity contribution in [3.05, 3.63) is 81.4 Å². The summed E-state index contributed by atoms with van der Waals surface area (Å²) in [5.74, 6) is 0.234. The van der Waals surface area contributed by atoms with E-state index in [4.69, 9.17) is 4.98 Å². The maximum absolute atomic E-state index is 16.0. The number of benzene rings is 1. The van der Waals surface area contributed by atoms with Crippen molar-refractivity contribution in [3.8, 4) is 0 Å². The van der Waals surface area contributed by atoms with Crippen LogP contribution in [-0.2, 0) is 9.59 Å². The highest BCUT2D eigenvalue weighted by atomic mass is 19.1. The monoisotopic (exact) mass is 720 g/mol. The zero-order chi connectivity index (χ0) is 36.9. The number of carbonyl (C=O) groups excluding carboxylic acids is 3. The second-order valence-corrected chi connectivity index (χ2v) is 15.3. The number of anilines is 3. The van der Waals surface area contributed by atoms with Crippen LogP contribution in [-0.4, -0.2) is 80.4 Å². The molecule has 6 heterocycles. The van der Waals surface area contributed by atoms with Gasteiger partial charge in [-0.05, 0) is 61.9 Å². The number of halogens is 1. The van der Waals surface area contributed by atoms with Gasteiger partial charge in [0, 0.05) is 75.5 Å². The molecule has 4 fully saturated rings. The van der Waals surface area contributed by atoms with Crippen LogP contribution < -0.4 is 21.1 Å². The van der Waals surface area contributed by atoms with Gasteiger partial charge in [0.05, 0.1) is 23.4 Å². The highest BCUT2D eigenvalue weighted by Crippen LogP contribution is 2.36. The molecule has 53 heavy (non-hydrogen) atoms. The molecule has 2 N–H and O–H groups in total. The molecule has 4 aromatic rings. The van der Waals surface area contributed by atoms with Crippen LogP contribution in [0.15, 0.2) is 53.6 Å². The molecule has 13 heteroatoms. The molecule has 2 amide bonds. The highest BCUT2D eigenvalue weighted by Gasteiger charge is 2.40. The molecular formula is C40H45FN8O4. The van der Waals surface area contributed by atoms with Gasteiger partial charge in [-0.1, -0.05) is 37.1 Å². The zero-order valence-electron chi connectivity index (χ0n) is 30.2. The van der Waals surface area contributed by atoms with E-state index in [1.54, 1.807) is 23.9 Å². The summed E-state index contributed by atoms with van der Waals surface area (Å²) < 4.78 is 17.7. The Morgan fingerprint density at radius 1 is 0.962 bits per heavy atom. The third-order valence-corrected chi connectivity index (χ3v) is 11.8. The van der Waals surface area contributed by atoms with Crippen molar-refractivity contribution in [1.29, 1.82) is 0 Å². The number of carbonyl (C=O) groups is 3. The van der Waals surface area contributed by atoms with E-state index in [1.807, 2.05) is 24.3 Å². The third kappa shape index (κ3) is 6.94. The molecule has 276 valence electrons. The molecule has 1 aliphatic carbocycles. The number of fused-ring (bicyclic) bond motifs is 1. The topological polar surface area (TPSA) is 142 Å². The molecule has 3 aliphatic heterocycles. The summed E-state index contributed by atoms with van der Waals surface area (Å²) in [6, 6.07) is 11.9. The van der Waals surface area contributed by atoms with E-state index < -0.39 is 5.67 Å². The van der Waals surface area contributed by atoms with Crippen molar-refractivity contribution >= 4 is 46.1 Å². The molecule has 1 aromatic carbocycles. The van der Waals surface area contributed by atoms with E-state index >= 15 is 4.39 Å². The van der Waals surface area contributed by atoms with Crippen molar-refractivity contribution in [2.45, 2.75) is 88.8 Å². The van der Waals surface area contributed by atoms with Crippen LogP contribution in [0, 0.1) is 6.92 Å². The number of pyridine rings is 2. The smallest absolute Gasteiger partial charge is 0.263 e. The Balaban J connectivity index is 0.857. The number of Topliss-reactive ketones (excluding diaryl/α,β-unsaturated/α-hetero) is 1. The second kappa shape index (κ2) is 14.1. The number of aryl methyl sites for hydroxylation is 1. The first-order valence-corrected chi connectivity index (χ1v) is 18.8. The van der Waals surface area contributed by atoms with Crippen molar-refractivity contribution < 1.29 is 18.8 Å². The Bertz CT molecular complexity index is 2120. The van der Waals surface area contributed by atoms with Crippen LogP contribution in [0.1, 0.15) is 103 Å². The molecule has 0 radical (unpaired) electrons. The molecule has 1 unspecified atom stereocenters. The van der Waals surface area contributed by atoms with Gasteiger partial charge in [0.25, 0.3) is 5.56 Å². The first kappa shape index (κ1) is 35.0. The average molecular weight is 721 g/mol. The SMILES string of the molecule is CC(=O)c1c(C)c2cnc(Nc3ccc(N4CCC(F)(CN5CC(c6ccc(C7CCC(=O)NC7=O)cc6)C5)CC4)cn3)nc2n(C2CCCC2)c1=O. The quantitative estimate of drug-likeness (QED) is 0.169. The van der Waals surface area contributed by atoms with Gasteiger partial charge in [-0.15, -0.1) is 0 Å². The minimum Gasteiger partial charge on any atom is -0.370 e. The van der Waals surface area contributed by atoms with Crippen LogP contribution >= 0.6 is 0 Å². The number of likely N-dealkylation sites (tertiary alicyclic amines) is 1. The average Bonchev–Trinajstić information content (AvgIpc) is 3.65. The minimum atomic E-state index is -1.25. The van der Waals surface area contributed by atoms with E-state index in [0.717, 1.165) is 50.0 Å². The fourth-order valence-electron chi connectivity index (χ4n) is 8.72. The molecule has 8 rings (SSSR count). The molecule has 1 atom stereocenters. The Kier molecular flexibility index (Phi) is 9.30. The van der Waals surface area contributed by atoms with Gasteiger partial charge in [-0.3, -0.25) is 34.0 Å². The summed E-state index contributed by atoms with van der Waals surface area (Å²) in [5, 5.41) is 6.30. The van der Waals surface area contributed by atoms with Gasteiger partial charge in [0.1, 0.15) is 17.1 Å². The number of amides is 2. The summed E-state index contributed by atoms with van der Waals surface area (Å²) in [5.41, 5.74) is 2.84.